The summed E-state index contributed by atoms with van der Waals surface area (Å²) in [6.07, 6.45) is 2.13. The van der Waals surface area contributed by atoms with Crippen molar-refractivity contribution in [2.45, 2.75) is 45.7 Å². The molecule has 0 fully saturated rings. The molecule has 6 nitrogen and oxygen atoms in total. The quantitative estimate of drug-likeness (QED) is 0.492. The second kappa shape index (κ2) is 10.2. The highest BCUT2D eigenvalue weighted by atomic mass is 79.9. The maximum Gasteiger partial charge on any atom is 0.191 e. The molecule has 0 radical (unpaired) electrons. The SMILES string of the molecule is CCC(CC)c1cc(CNC(=NC)NCc2ccc(OC)c(Br)c2)on1. The van der Waals surface area contributed by atoms with E-state index in [-0.39, 0.29) is 0 Å². The van der Waals surface area contributed by atoms with E-state index >= 15 is 0 Å². The average molecular weight is 423 g/mol. The Hall–Kier alpha value is -2.02. The summed E-state index contributed by atoms with van der Waals surface area (Å²) in [6, 6.07) is 8.00. The zero-order valence-corrected chi connectivity index (χ0v) is 17.4. The minimum Gasteiger partial charge on any atom is -0.496 e. The number of methoxy groups -OCH3 is 1. The average Bonchev–Trinajstić information content (AvgIpc) is 3.12. The summed E-state index contributed by atoms with van der Waals surface area (Å²) in [6.45, 7) is 5.53. The van der Waals surface area contributed by atoms with Crippen molar-refractivity contribution in [2.75, 3.05) is 14.2 Å². The number of ether oxygens (including phenoxy) is 1. The minimum absolute atomic E-state index is 0.457. The van der Waals surface area contributed by atoms with Crippen molar-refractivity contribution in [1.29, 1.82) is 0 Å². The number of nitrogens with one attached hydrogen (secondary N) is 2. The van der Waals surface area contributed by atoms with E-state index in [1.165, 1.54) is 0 Å². The van der Waals surface area contributed by atoms with E-state index in [0.717, 1.165) is 40.1 Å². The molecule has 0 aliphatic carbocycles. The fourth-order valence-corrected chi connectivity index (χ4v) is 3.30. The molecule has 0 saturated heterocycles. The molecule has 0 spiro atoms. The van der Waals surface area contributed by atoms with Crippen molar-refractivity contribution in [2.24, 2.45) is 4.99 Å². The molecule has 7 heteroatoms. The van der Waals surface area contributed by atoms with Crippen LogP contribution < -0.4 is 15.4 Å². The van der Waals surface area contributed by atoms with E-state index in [4.69, 9.17) is 9.26 Å². The Labute approximate surface area is 163 Å². The normalized spacial score (nSPS) is 11.7. The van der Waals surface area contributed by atoms with Gasteiger partial charge in [0.05, 0.1) is 23.8 Å². The van der Waals surface area contributed by atoms with E-state index in [9.17, 15) is 0 Å². The third-order valence-electron chi connectivity index (χ3n) is 4.31. The Morgan fingerprint density at radius 2 is 1.96 bits per heavy atom. The molecule has 0 saturated carbocycles. The van der Waals surface area contributed by atoms with Gasteiger partial charge in [0.15, 0.2) is 11.7 Å². The van der Waals surface area contributed by atoms with Gasteiger partial charge in [0.1, 0.15) is 5.75 Å². The highest BCUT2D eigenvalue weighted by Crippen LogP contribution is 2.25. The van der Waals surface area contributed by atoms with Crippen molar-refractivity contribution in [3.8, 4) is 5.75 Å². The van der Waals surface area contributed by atoms with Crippen molar-refractivity contribution >= 4 is 21.9 Å². The lowest BCUT2D eigenvalue weighted by Gasteiger charge is -2.12. The Bertz CT molecular complexity index is 726. The second-order valence-corrected chi connectivity index (χ2v) is 6.83. The Balaban J connectivity index is 1.87. The predicted molar refractivity (Wildman–Crippen MR) is 108 cm³/mol. The molecule has 2 rings (SSSR count). The molecular weight excluding hydrogens is 396 g/mol. The highest BCUT2D eigenvalue weighted by Gasteiger charge is 2.13. The number of halogens is 1. The van der Waals surface area contributed by atoms with Crippen LogP contribution in [0.5, 0.6) is 5.75 Å². The van der Waals surface area contributed by atoms with Gasteiger partial charge in [-0.1, -0.05) is 25.1 Å². The molecule has 0 aliphatic heterocycles. The van der Waals surface area contributed by atoms with Gasteiger partial charge in [-0.2, -0.15) is 0 Å². The van der Waals surface area contributed by atoms with Crippen LogP contribution in [0.25, 0.3) is 0 Å². The van der Waals surface area contributed by atoms with Gasteiger partial charge in [-0.05, 0) is 46.5 Å². The Morgan fingerprint density at radius 1 is 1.23 bits per heavy atom. The number of aromatic nitrogens is 1. The van der Waals surface area contributed by atoms with Crippen molar-refractivity contribution in [3.05, 3.63) is 45.8 Å². The maximum atomic E-state index is 5.43. The van der Waals surface area contributed by atoms with Crippen molar-refractivity contribution in [1.82, 2.24) is 15.8 Å². The molecule has 0 atom stereocenters. The molecule has 1 heterocycles. The van der Waals surface area contributed by atoms with Crippen LogP contribution in [0.15, 0.2) is 38.3 Å². The first-order valence-corrected chi connectivity index (χ1v) is 9.62. The van der Waals surface area contributed by atoms with Crippen LogP contribution in [-0.4, -0.2) is 25.3 Å². The molecule has 1 aromatic heterocycles. The fraction of sp³-hybridized carbons (Fsp3) is 0.474. The number of hydrogen-bond acceptors (Lipinski definition) is 4. The number of rotatable bonds is 8. The van der Waals surface area contributed by atoms with Crippen LogP contribution in [-0.2, 0) is 13.1 Å². The van der Waals surface area contributed by atoms with Gasteiger partial charge in [0.25, 0.3) is 0 Å². The molecule has 0 aliphatic rings. The van der Waals surface area contributed by atoms with E-state index in [0.29, 0.717) is 25.0 Å². The number of aliphatic imine (C=N–C) groups is 1. The zero-order valence-electron chi connectivity index (χ0n) is 15.8. The fourth-order valence-electron chi connectivity index (χ4n) is 2.71. The van der Waals surface area contributed by atoms with Gasteiger partial charge >= 0.3 is 0 Å². The van der Waals surface area contributed by atoms with Gasteiger partial charge in [0.2, 0.25) is 0 Å². The lowest BCUT2D eigenvalue weighted by atomic mass is 9.99. The van der Waals surface area contributed by atoms with Gasteiger partial charge in [0, 0.05) is 25.6 Å². The van der Waals surface area contributed by atoms with E-state index in [1.807, 2.05) is 24.3 Å². The van der Waals surface area contributed by atoms with E-state index in [2.05, 4.69) is 50.6 Å². The first-order valence-electron chi connectivity index (χ1n) is 8.83. The Kier molecular flexibility index (Phi) is 7.97. The minimum atomic E-state index is 0.457. The summed E-state index contributed by atoms with van der Waals surface area (Å²) < 4.78 is 11.6. The highest BCUT2D eigenvalue weighted by molar-refractivity contribution is 9.10. The lowest BCUT2D eigenvalue weighted by Crippen LogP contribution is -2.36. The number of nitrogens with zero attached hydrogens (tertiary/aromatic N) is 2. The molecule has 0 bridgehead atoms. The topological polar surface area (TPSA) is 71.7 Å². The van der Waals surface area contributed by atoms with Crippen LogP contribution in [0, 0.1) is 0 Å². The largest absolute Gasteiger partial charge is 0.496 e. The molecule has 2 aromatic rings. The van der Waals surface area contributed by atoms with Gasteiger partial charge in [-0.3, -0.25) is 4.99 Å². The number of hydrogen-bond donors (Lipinski definition) is 2. The molecule has 2 N–H and O–H groups in total. The molecule has 0 unspecified atom stereocenters. The molecule has 26 heavy (non-hydrogen) atoms. The Morgan fingerprint density at radius 3 is 2.58 bits per heavy atom. The summed E-state index contributed by atoms with van der Waals surface area (Å²) in [5.74, 6) is 2.78. The van der Waals surface area contributed by atoms with Gasteiger partial charge < -0.3 is 19.9 Å². The number of guanidine groups is 1. The monoisotopic (exact) mass is 422 g/mol. The summed E-state index contributed by atoms with van der Waals surface area (Å²) in [7, 11) is 3.40. The summed E-state index contributed by atoms with van der Waals surface area (Å²) >= 11 is 3.50. The third kappa shape index (κ3) is 5.49. The van der Waals surface area contributed by atoms with Crippen LogP contribution in [0.2, 0.25) is 0 Å². The number of benzene rings is 1. The molecular formula is C19H27BrN4O2. The zero-order chi connectivity index (χ0) is 18.9. The van der Waals surface area contributed by atoms with E-state index < -0.39 is 0 Å². The van der Waals surface area contributed by atoms with Crippen molar-refractivity contribution in [3.63, 3.8) is 0 Å². The summed E-state index contributed by atoms with van der Waals surface area (Å²) in [4.78, 5) is 4.24. The predicted octanol–water partition coefficient (Wildman–Crippen LogP) is 4.21. The molecule has 0 amide bonds. The lowest BCUT2D eigenvalue weighted by molar-refractivity contribution is 0.368. The molecule has 1 aromatic carbocycles. The first-order chi connectivity index (χ1) is 12.6. The van der Waals surface area contributed by atoms with E-state index in [1.54, 1.807) is 14.2 Å². The first kappa shape index (κ1) is 20.3. The van der Waals surface area contributed by atoms with Crippen molar-refractivity contribution < 1.29 is 9.26 Å². The maximum absolute atomic E-state index is 5.43. The third-order valence-corrected chi connectivity index (χ3v) is 4.93. The summed E-state index contributed by atoms with van der Waals surface area (Å²) in [5, 5.41) is 10.7. The van der Waals surface area contributed by atoms with Crippen LogP contribution >= 0.6 is 15.9 Å². The standard InChI is InChI=1S/C19H27BrN4O2/c1-5-14(6-2)17-10-15(26-24-17)12-23-19(21-3)22-11-13-7-8-18(25-4)16(20)9-13/h7-10,14H,5-6,11-12H2,1-4H3,(H2,21,22,23). The summed E-state index contributed by atoms with van der Waals surface area (Å²) in [5.41, 5.74) is 2.15. The van der Waals surface area contributed by atoms with Gasteiger partial charge in [-0.15, -0.1) is 0 Å². The smallest absolute Gasteiger partial charge is 0.191 e. The molecule has 142 valence electrons. The van der Waals surface area contributed by atoms with Crippen LogP contribution in [0.1, 0.15) is 49.6 Å². The second-order valence-electron chi connectivity index (χ2n) is 5.98. The van der Waals surface area contributed by atoms with Crippen LogP contribution in [0.3, 0.4) is 0 Å². The van der Waals surface area contributed by atoms with Crippen LogP contribution in [0.4, 0.5) is 0 Å². The van der Waals surface area contributed by atoms with Gasteiger partial charge in [-0.25, -0.2) is 0 Å².